The number of ether oxygens (including phenoxy) is 1. The quantitative estimate of drug-likeness (QED) is 0.378. The lowest BCUT2D eigenvalue weighted by atomic mass is 9.62. The van der Waals surface area contributed by atoms with Crippen molar-refractivity contribution in [2.24, 2.45) is 0 Å². The summed E-state index contributed by atoms with van der Waals surface area (Å²) in [6.45, 7) is 6.06. The van der Waals surface area contributed by atoms with Gasteiger partial charge in [-0.1, -0.05) is 11.6 Å². The first-order valence-electron chi connectivity index (χ1n) is 11.1. The lowest BCUT2D eigenvalue weighted by molar-refractivity contribution is 0.0734. The summed E-state index contributed by atoms with van der Waals surface area (Å²) in [7, 11) is 11.7. The summed E-state index contributed by atoms with van der Waals surface area (Å²) in [5, 5.41) is 11.4. The Morgan fingerprint density at radius 2 is 1.79 bits per heavy atom. The van der Waals surface area contributed by atoms with Gasteiger partial charge in [-0.05, 0) is 39.3 Å². The van der Waals surface area contributed by atoms with Gasteiger partial charge in [0.25, 0.3) is 5.56 Å². The fourth-order valence-electron chi connectivity index (χ4n) is 3.72. The minimum atomic E-state index is -2.43. The second kappa shape index (κ2) is 9.63. The Hall–Kier alpha value is -3.57. The Labute approximate surface area is 222 Å². The minimum Gasteiger partial charge on any atom is -0.499 e. The molecule has 4 rings (SSSR count). The molecule has 0 aliphatic rings. The molecule has 4 heterocycles. The molecular weight excluding hydrogens is 520 g/mol. The third-order valence-electron chi connectivity index (χ3n) is 5.57. The lowest BCUT2D eigenvalue weighted by Crippen LogP contribution is -2.37. The number of rotatable bonds is 6. The van der Waals surface area contributed by atoms with E-state index < -0.39 is 44.7 Å². The molecule has 38 heavy (non-hydrogen) atoms. The molecule has 0 aromatic carbocycles. The van der Waals surface area contributed by atoms with E-state index in [0.29, 0.717) is 17.8 Å². The highest BCUT2D eigenvalue weighted by atomic mass is 35.5. The van der Waals surface area contributed by atoms with Crippen molar-refractivity contribution < 1.29 is 23.0 Å². The number of aryl methyl sites for hydroxylation is 2. The predicted molar refractivity (Wildman–Crippen MR) is 135 cm³/mol. The van der Waals surface area contributed by atoms with E-state index in [2.05, 4.69) is 15.1 Å². The maximum absolute atomic E-state index is 15.8. The summed E-state index contributed by atoms with van der Waals surface area (Å²) >= 11 is 6.27. The molecule has 1 N–H and O–H groups in total. The van der Waals surface area contributed by atoms with Gasteiger partial charge in [-0.3, -0.25) is 14.3 Å². The Morgan fingerprint density at radius 3 is 2.39 bits per heavy atom. The summed E-state index contributed by atoms with van der Waals surface area (Å²) in [4.78, 5) is 20.9. The lowest BCUT2D eigenvalue weighted by Gasteiger charge is -2.28. The molecule has 0 unspecified atom stereocenters. The molecule has 192 valence electrons. The van der Waals surface area contributed by atoms with E-state index in [0.717, 1.165) is 9.25 Å². The first-order valence-corrected chi connectivity index (χ1v) is 11.4. The predicted octanol–water partition coefficient (Wildman–Crippen LogP) is 3.25. The van der Waals surface area contributed by atoms with Crippen LogP contribution in [0.25, 0.3) is 11.5 Å². The van der Waals surface area contributed by atoms with Gasteiger partial charge in [0.1, 0.15) is 49.4 Å². The standard InChI is InChI=1S/C24H19B2ClF3N5O3/c1-11-9-32-21(34-6-5-16(33-34)23(3,4)37)18(30)19(11)35-12(2)7-15(17(27)22(35)36)38-24(25,26)20-14(29)8-13(28)10-31-20/h5-10,37H,1-4H3. The van der Waals surface area contributed by atoms with Crippen LogP contribution in [-0.2, 0) is 11.0 Å². The highest BCUT2D eigenvalue weighted by Crippen LogP contribution is 2.31. The van der Waals surface area contributed by atoms with Gasteiger partial charge in [0.15, 0.2) is 11.6 Å². The van der Waals surface area contributed by atoms with Crippen molar-refractivity contribution in [2.45, 2.75) is 38.7 Å². The highest BCUT2D eigenvalue weighted by molar-refractivity contribution is 6.39. The molecule has 4 radical (unpaired) electrons. The van der Waals surface area contributed by atoms with Gasteiger partial charge in [0.05, 0.1) is 23.0 Å². The second-order valence-corrected chi connectivity index (χ2v) is 9.49. The molecule has 14 heteroatoms. The van der Waals surface area contributed by atoms with Crippen molar-refractivity contribution in [3.8, 4) is 17.3 Å². The Bertz CT molecular complexity index is 1620. The first-order chi connectivity index (χ1) is 17.6. The van der Waals surface area contributed by atoms with E-state index in [1.54, 1.807) is 6.92 Å². The maximum Gasteiger partial charge on any atom is 0.278 e. The maximum atomic E-state index is 15.8. The van der Waals surface area contributed by atoms with Gasteiger partial charge in [0.2, 0.25) is 0 Å². The van der Waals surface area contributed by atoms with E-state index in [1.165, 1.54) is 45.3 Å². The Kier molecular flexibility index (Phi) is 6.96. The minimum absolute atomic E-state index is 0.148. The molecule has 0 aliphatic heterocycles. The zero-order chi connectivity index (χ0) is 28.2. The number of aromatic nitrogens is 5. The number of halogens is 4. The van der Waals surface area contributed by atoms with Crippen molar-refractivity contribution in [2.75, 3.05) is 0 Å². The summed E-state index contributed by atoms with van der Waals surface area (Å²) in [5.41, 5.74) is -2.26. The van der Waals surface area contributed by atoms with Gasteiger partial charge in [-0.25, -0.2) is 22.8 Å². The molecule has 8 nitrogen and oxygen atoms in total. The number of hydrogen-bond donors (Lipinski definition) is 1. The molecule has 0 saturated heterocycles. The fraction of sp³-hybridized carbons (Fsp3) is 0.250. The molecular formula is C24H19B2ClF3N5O3. The molecule has 4 aromatic rings. The van der Waals surface area contributed by atoms with Gasteiger partial charge >= 0.3 is 0 Å². The van der Waals surface area contributed by atoms with Crippen molar-refractivity contribution in [1.29, 1.82) is 0 Å². The van der Waals surface area contributed by atoms with Gasteiger partial charge in [-0.2, -0.15) is 5.10 Å². The number of hydrogen-bond acceptors (Lipinski definition) is 6. The summed E-state index contributed by atoms with van der Waals surface area (Å²) < 4.78 is 50.9. The van der Waals surface area contributed by atoms with E-state index in [4.69, 9.17) is 32.0 Å². The summed E-state index contributed by atoms with van der Waals surface area (Å²) in [6.07, 6.45) is 3.46. The molecule has 0 spiro atoms. The third kappa shape index (κ3) is 4.95. The fourth-order valence-corrected chi connectivity index (χ4v) is 3.90. The molecule has 0 amide bonds. The monoisotopic (exact) mass is 539 g/mol. The average molecular weight is 540 g/mol. The van der Waals surface area contributed by atoms with Gasteiger partial charge in [-0.15, -0.1) is 0 Å². The van der Waals surface area contributed by atoms with E-state index in [-0.39, 0.29) is 28.6 Å². The van der Waals surface area contributed by atoms with Crippen LogP contribution in [0.4, 0.5) is 13.2 Å². The van der Waals surface area contributed by atoms with Crippen molar-refractivity contribution >= 4 is 27.3 Å². The molecule has 4 aromatic heterocycles. The van der Waals surface area contributed by atoms with Crippen LogP contribution in [0, 0.1) is 31.3 Å². The topological polar surface area (TPSA) is 95.1 Å². The SMILES string of the molecule is [B]C([B])(Oc1cc(C)n(-c2c(C)cnc(-n3ccc(C(C)(C)O)n3)c2F)c(=O)c1Cl)c1ncc(F)cc1F. The van der Waals surface area contributed by atoms with Gasteiger partial charge < -0.3 is 9.84 Å². The van der Waals surface area contributed by atoms with Crippen molar-refractivity contribution in [1.82, 2.24) is 24.3 Å². The van der Waals surface area contributed by atoms with Crippen molar-refractivity contribution in [3.05, 3.63) is 92.3 Å². The van der Waals surface area contributed by atoms with Crippen LogP contribution in [0.1, 0.15) is 36.5 Å². The number of aliphatic hydroxyl groups is 1. The van der Waals surface area contributed by atoms with E-state index in [9.17, 15) is 18.7 Å². The molecule has 0 bridgehead atoms. The van der Waals surface area contributed by atoms with Crippen LogP contribution < -0.4 is 10.3 Å². The number of pyridine rings is 3. The summed E-state index contributed by atoms with van der Waals surface area (Å²) in [6, 6.07) is 3.27. The molecule has 0 fully saturated rings. The van der Waals surface area contributed by atoms with Crippen LogP contribution >= 0.6 is 11.6 Å². The van der Waals surface area contributed by atoms with Crippen LogP contribution in [0.3, 0.4) is 0 Å². The Balaban J connectivity index is 1.81. The summed E-state index contributed by atoms with van der Waals surface area (Å²) in [5.74, 6) is -3.60. The van der Waals surface area contributed by atoms with Crippen LogP contribution in [-0.4, -0.2) is 45.1 Å². The zero-order valence-electron chi connectivity index (χ0n) is 20.6. The average Bonchev–Trinajstić information content (AvgIpc) is 3.29. The zero-order valence-corrected chi connectivity index (χ0v) is 21.4. The highest BCUT2D eigenvalue weighted by Gasteiger charge is 2.30. The van der Waals surface area contributed by atoms with Gasteiger partial charge in [0, 0.05) is 30.2 Å². The molecule has 0 atom stereocenters. The van der Waals surface area contributed by atoms with E-state index >= 15 is 4.39 Å². The Morgan fingerprint density at radius 1 is 1.11 bits per heavy atom. The number of nitrogens with zero attached hydrogens (tertiary/aromatic N) is 5. The van der Waals surface area contributed by atoms with E-state index in [1.807, 2.05) is 0 Å². The molecule has 0 aliphatic carbocycles. The van der Waals surface area contributed by atoms with Crippen LogP contribution in [0.5, 0.6) is 5.75 Å². The van der Waals surface area contributed by atoms with Crippen LogP contribution in [0.2, 0.25) is 5.02 Å². The first kappa shape index (κ1) is 27.5. The second-order valence-electron chi connectivity index (χ2n) is 9.12. The van der Waals surface area contributed by atoms with Crippen LogP contribution in [0.15, 0.2) is 41.6 Å². The normalized spacial score (nSPS) is 12.1. The van der Waals surface area contributed by atoms with Crippen molar-refractivity contribution in [3.63, 3.8) is 0 Å². The smallest absolute Gasteiger partial charge is 0.278 e. The largest absolute Gasteiger partial charge is 0.499 e. The third-order valence-corrected chi connectivity index (χ3v) is 5.92. The molecule has 0 saturated carbocycles.